The zero-order valence-electron chi connectivity index (χ0n) is 9.25. The molecule has 0 saturated carbocycles. The second-order valence-electron chi connectivity index (χ2n) is 4.16. The minimum Gasteiger partial charge on any atom is -0.492 e. The van der Waals surface area contributed by atoms with E-state index < -0.39 is 0 Å². The van der Waals surface area contributed by atoms with Crippen LogP contribution in [0.2, 0.25) is 0 Å². The first-order valence-corrected chi connectivity index (χ1v) is 5.52. The lowest BCUT2D eigenvalue weighted by Crippen LogP contribution is -2.25. The molecule has 2 heteroatoms. The molecule has 0 aromatic heterocycles. The predicted molar refractivity (Wildman–Crippen MR) is 59.4 cm³/mol. The molecule has 1 atom stereocenters. The first-order valence-electron chi connectivity index (χ1n) is 5.52. The molecule has 0 saturated heterocycles. The highest BCUT2D eigenvalue weighted by Crippen LogP contribution is 2.28. The van der Waals surface area contributed by atoms with Crippen molar-refractivity contribution < 1.29 is 9.53 Å². The molecule has 80 valence electrons. The number of Topliss-reactive ketones (excluding diaryl/α,β-unsaturated/α-hetero) is 1. The number of carbonyl (C=O) groups excluding carboxylic acids is 1. The predicted octanol–water partition coefficient (Wildman–Crippen LogP) is 2.85. The van der Waals surface area contributed by atoms with E-state index in [0.29, 0.717) is 6.61 Å². The number of ether oxygens (including phenoxy) is 1. The molecule has 1 aliphatic rings. The highest BCUT2D eigenvalue weighted by molar-refractivity contribution is 6.01. The Labute approximate surface area is 90.3 Å². The zero-order chi connectivity index (χ0) is 10.8. The first-order chi connectivity index (χ1) is 7.22. The van der Waals surface area contributed by atoms with Crippen LogP contribution in [0.15, 0.2) is 18.2 Å². The van der Waals surface area contributed by atoms with Crippen molar-refractivity contribution in [2.24, 2.45) is 5.92 Å². The summed E-state index contributed by atoms with van der Waals surface area (Å²) in [4.78, 5) is 11.9. The molecule has 0 radical (unpaired) electrons. The van der Waals surface area contributed by atoms with Crippen molar-refractivity contribution in [3.8, 4) is 5.75 Å². The third-order valence-electron chi connectivity index (χ3n) is 2.78. The lowest BCUT2D eigenvalue weighted by Gasteiger charge is -2.21. The SMILES string of the molecule is CCCc1ccc2c(c1)C(=O)C(C)CO2. The Morgan fingerprint density at radius 3 is 3.00 bits per heavy atom. The molecule has 15 heavy (non-hydrogen) atoms. The van der Waals surface area contributed by atoms with E-state index in [9.17, 15) is 4.79 Å². The summed E-state index contributed by atoms with van der Waals surface area (Å²) in [6.07, 6.45) is 2.12. The summed E-state index contributed by atoms with van der Waals surface area (Å²) >= 11 is 0. The maximum Gasteiger partial charge on any atom is 0.172 e. The van der Waals surface area contributed by atoms with Gasteiger partial charge in [0, 0.05) is 0 Å². The molecule has 0 amide bonds. The first kappa shape index (κ1) is 10.2. The standard InChI is InChI=1S/C13H16O2/c1-3-4-10-5-6-12-11(7-10)13(14)9(2)8-15-12/h5-7,9H,3-4,8H2,1-2H3. The number of benzene rings is 1. The fraction of sp³-hybridized carbons (Fsp3) is 0.462. The van der Waals surface area contributed by atoms with Gasteiger partial charge in [0.1, 0.15) is 5.75 Å². The third kappa shape index (κ3) is 1.89. The average molecular weight is 204 g/mol. The van der Waals surface area contributed by atoms with Crippen molar-refractivity contribution >= 4 is 5.78 Å². The average Bonchev–Trinajstić information content (AvgIpc) is 2.25. The van der Waals surface area contributed by atoms with Crippen LogP contribution >= 0.6 is 0 Å². The molecule has 2 rings (SSSR count). The number of carbonyl (C=O) groups is 1. The van der Waals surface area contributed by atoms with Crippen LogP contribution in [0, 0.1) is 5.92 Å². The number of hydrogen-bond donors (Lipinski definition) is 0. The summed E-state index contributed by atoms with van der Waals surface area (Å²) in [6.45, 7) is 4.57. The van der Waals surface area contributed by atoms with E-state index in [1.165, 1.54) is 5.56 Å². The van der Waals surface area contributed by atoms with E-state index >= 15 is 0 Å². The van der Waals surface area contributed by atoms with Gasteiger partial charge in [-0.3, -0.25) is 4.79 Å². The monoisotopic (exact) mass is 204 g/mol. The Balaban J connectivity index is 2.37. The quantitative estimate of drug-likeness (QED) is 0.740. The molecule has 2 nitrogen and oxygen atoms in total. The molecule has 1 aliphatic heterocycles. The summed E-state index contributed by atoms with van der Waals surface area (Å²) < 4.78 is 5.52. The maximum absolute atomic E-state index is 11.9. The Kier molecular flexibility index (Phi) is 2.76. The van der Waals surface area contributed by atoms with Crippen LogP contribution in [0.3, 0.4) is 0 Å². The van der Waals surface area contributed by atoms with Gasteiger partial charge in [-0.15, -0.1) is 0 Å². The van der Waals surface area contributed by atoms with Gasteiger partial charge in [0.15, 0.2) is 5.78 Å². The molecule has 1 aromatic carbocycles. The number of hydrogen-bond acceptors (Lipinski definition) is 2. The minimum absolute atomic E-state index is 0.00521. The second-order valence-corrected chi connectivity index (χ2v) is 4.16. The number of ketones is 1. The Hall–Kier alpha value is -1.31. The third-order valence-corrected chi connectivity index (χ3v) is 2.78. The number of fused-ring (bicyclic) bond motifs is 1. The van der Waals surface area contributed by atoms with Gasteiger partial charge in [-0.1, -0.05) is 26.3 Å². The summed E-state index contributed by atoms with van der Waals surface area (Å²) in [5, 5.41) is 0. The Morgan fingerprint density at radius 1 is 1.47 bits per heavy atom. The van der Waals surface area contributed by atoms with Crippen LogP contribution in [-0.4, -0.2) is 12.4 Å². The van der Waals surface area contributed by atoms with Crippen LogP contribution in [0.1, 0.15) is 36.2 Å². The Morgan fingerprint density at radius 2 is 2.27 bits per heavy atom. The van der Waals surface area contributed by atoms with Gasteiger partial charge in [0.2, 0.25) is 0 Å². The van der Waals surface area contributed by atoms with Crippen LogP contribution in [0.25, 0.3) is 0 Å². The van der Waals surface area contributed by atoms with Crippen LogP contribution in [0.5, 0.6) is 5.75 Å². The van der Waals surface area contributed by atoms with Crippen LogP contribution in [0.4, 0.5) is 0 Å². The van der Waals surface area contributed by atoms with Gasteiger partial charge in [-0.05, 0) is 24.1 Å². The van der Waals surface area contributed by atoms with Gasteiger partial charge in [0.25, 0.3) is 0 Å². The zero-order valence-corrected chi connectivity index (χ0v) is 9.25. The highest BCUT2D eigenvalue weighted by atomic mass is 16.5. The van der Waals surface area contributed by atoms with Crippen LogP contribution < -0.4 is 4.74 Å². The van der Waals surface area contributed by atoms with Crippen molar-refractivity contribution in [3.63, 3.8) is 0 Å². The minimum atomic E-state index is -0.00521. The van der Waals surface area contributed by atoms with Gasteiger partial charge in [0.05, 0.1) is 18.1 Å². The van der Waals surface area contributed by atoms with E-state index in [-0.39, 0.29) is 11.7 Å². The van der Waals surface area contributed by atoms with Crippen molar-refractivity contribution in [2.75, 3.05) is 6.61 Å². The molecule has 1 aromatic rings. The molecular formula is C13H16O2. The maximum atomic E-state index is 11.9. The lowest BCUT2D eigenvalue weighted by molar-refractivity contribution is 0.0848. The van der Waals surface area contributed by atoms with E-state index in [2.05, 4.69) is 6.92 Å². The summed E-state index contributed by atoms with van der Waals surface area (Å²) in [7, 11) is 0. The number of aryl methyl sites for hydroxylation is 1. The fourth-order valence-corrected chi connectivity index (χ4v) is 1.90. The molecule has 0 N–H and O–H groups in total. The normalized spacial score (nSPS) is 19.6. The van der Waals surface area contributed by atoms with E-state index in [0.717, 1.165) is 24.2 Å². The van der Waals surface area contributed by atoms with Crippen molar-refractivity contribution in [1.82, 2.24) is 0 Å². The van der Waals surface area contributed by atoms with Gasteiger partial charge in [-0.2, -0.15) is 0 Å². The molecular weight excluding hydrogens is 188 g/mol. The van der Waals surface area contributed by atoms with Crippen molar-refractivity contribution in [3.05, 3.63) is 29.3 Å². The summed E-state index contributed by atoms with van der Waals surface area (Å²) in [5.41, 5.74) is 1.99. The van der Waals surface area contributed by atoms with Gasteiger partial charge in [-0.25, -0.2) is 0 Å². The van der Waals surface area contributed by atoms with Crippen molar-refractivity contribution in [1.29, 1.82) is 0 Å². The van der Waals surface area contributed by atoms with Crippen molar-refractivity contribution in [2.45, 2.75) is 26.7 Å². The molecule has 0 aliphatic carbocycles. The molecule has 1 unspecified atom stereocenters. The number of rotatable bonds is 2. The smallest absolute Gasteiger partial charge is 0.172 e. The topological polar surface area (TPSA) is 26.3 Å². The summed E-state index contributed by atoms with van der Waals surface area (Å²) in [5.74, 6) is 0.960. The molecule has 0 bridgehead atoms. The highest BCUT2D eigenvalue weighted by Gasteiger charge is 2.25. The Bertz CT molecular complexity index is 382. The molecule has 0 spiro atoms. The van der Waals surface area contributed by atoms with Crippen LogP contribution in [-0.2, 0) is 6.42 Å². The fourth-order valence-electron chi connectivity index (χ4n) is 1.90. The molecule has 1 heterocycles. The molecule has 0 fully saturated rings. The largest absolute Gasteiger partial charge is 0.492 e. The van der Waals surface area contributed by atoms with Gasteiger partial charge >= 0.3 is 0 Å². The van der Waals surface area contributed by atoms with E-state index in [1.54, 1.807) is 0 Å². The lowest BCUT2D eigenvalue weighted by atomic mass is 9.94. The van der Waals surface area contributed by atoms with E-state index in [1.807, 2.05) is 25.1 Å². The van der Waals surface area contributed by atoms with E-state index in [4.69, 9.17) is 4.74 Å². The van der Waals surface area contributed by atoms with Gasteiger partial charge < -0.3 is 4.74 Å². The second kappa shape index (κ2) is 4.05. The summed E-state index contributed by atoms with van der Waals surface area (Å²) in [6, 6.07) is 5.95.